The number of ether oxygens (including phenoxy) is 1. The number of aromatic nitrogens is 4. The van der Waals surface area contributed by atoms with Gasteiger partial charge >= 0.3 is 0 Å². The van der Waals surface area contributed by atoms with Gasteiger partial charge in [0.25, 0.3) is 0 Å². The van der Waals surface area contributed by atoms with Gasteiger partial charge < -0.3 is 15.4 Å². The number of anilines is 2. The summed E-state index contributed by atoms with van der Waals surface area (Å²) in [5.41, 5.74) is 6.41. The molecule has 0 unspecified atom stereocenters. The van der Waals surface area contributed by atoms with Crippen LogP contribution in [0.1, 0.15) is 25.7 Å². The normalized spacial score (nSPS) is 18.8. The summed E-state index contributed by atoms with van der Waals surface area (Å²) < 4.78 is 5.64. The first kappa shape index (κ1) is 13.1. The van der Waals surface area contributed by atoms with Crippen molar-refractivity contribution in [3.63, 3.8) is 0 Å². The topological polar surface area (TPSA) is 93.0 Å². The van der Waals surface area contributed by atoms with Gasteiger partial charge in [0.05, 0.1) is 17.7 Å². The second-order valence-corrected chi connectivity index (χ2v) is 5.24. The predicted octanol–water partition coefficient (Wildman–Crippen LogP) is 1.33. The van der Waals surface area contributed by atoms with Crippen LogP contribution in [0.15, 0.2) is 6.20 Å². The number of nitrogen functional groups attached to an aromatic ring is 1. The van der Waals surface area contributed by atoms with Gasteiger partial charge in [-0.25, -0.2) is 0 Å². The molecule has 0 radical (unpaired) electrons. The maximum Gasteiger partial charge on any atom is 0.224 e. The highest BCUT2D eigenvalue weighted by Crippen LogP contribution is 2.23. The lowest BCUT2D eigenvalue weighted by atomic mass is 10.1. The van der Waals surface area contributed by atoms with Crippen molar-refractivity contribution in [2.75, 3.05) is 30.8 Å². The van der Waals surface area contributed by atoms with Crippen LogP contribution in [0.3, 0.4) is 0 Å². The summed E-state index contributed by atoms with van der Waals surface area (Å²) in [6.45, 7) is 1.83. The highest BCUT2D eigenvalue weighted by atomic mass is 16.5. The van der Waals surface area contributed by atoms with Gasteiger partial charge in [-0.3, -0.25) is 5.10 Å². The molecule has 7 nitrogen and oxygen atoms in total. The van der Waals surface area contributed by atoms with Crippen LogP contribution in [-0.2, 0) is 4.74 Å². The summed E-state index contributed by atoms with van der Waals surface area (Å²) >= 11 is 0. The van der Waals surface area contributed by atoms with Gasteiger partial charge in [0.15, 0.2) is 5.65 Å². The third-order valence-electron chi connectivity index (χ3n) is 3.71. The fourth-order valence-corrected chi connectivity index (χ4v) is 2.66. The Hall–Kier alpha value is -1.89. The van der Waals surface area contributed by atoms with Crippen molar-refractivity contribution in [1.29, 1.82) is 0 Å². The first-order valence-corrected chi connectivity index (χ1v) is 7.03. The summed E-state index contributed by atoms with van der Waals surface area (Å²) in [5, 5.41) is 7.73. The van der Waals surface area contributed by atoms with Crippen LogP contribution in [-0.4, -0.2) is 46.5 Å². The van der Waals surface area contributed by atoms with Gasteiger partial charge in [-0.1, -0.05) is 0 Å². The molecule has 0 spiro atoms. The third-order valence-corrected chi connectivity index (χ3v) is 3.71. The molecule has 0 amide bonds. The predicted molar refractivity (Wildman–Crippen MR) is 77.6 cm³/mol. The van der Waals surface area contributed by atoms with Gasteiger partial charge in [-0.2, -0.15) is 15.1 Å². The van der Waals surface area contributed by atoms with E-state index in [1.165, 1.54) is 12.8 Å². The molecule has 3 rings (SSSR count). The molecule has 0 saturated carbocycles. The number of fused-ring (bicyclic) bond motifs is 1. The molecule has 0 bridgehead atoms. The quantitative estimate of drug-likeness (QED) is 0.855. The van der Waals surface area contributed by atoms with E-state index in [0.29, 0.717) is 11.8 Å². The molecule has 1 aliphatic heterocycles. The molecule has 3 heterocycles. The number of hydrogen-bond acceptors (Lipinski definition) is 6. The van der Waals surface area contributed by atoms with Crippen molar-refractivity contribution in [2.24, 2.45) is 0 Å². The van der Waals surface area contributed by atoms with Crippen molar-refractivity contribution in [3.8, 4) is 0 Å². The fourth-order valence-electron chi connectivity index (χ4n) is 2.66. The van der Waals surface area contributed by atoms with Gasteiger partial charge in [0.2, 0.25) is 5.95 Å². The zero-order valence-corrected chi connectivity index (χ0v) is 11.7. The largest absolute Gasteiger partial charge is 0.378 e. The van der Waals surface area contributed by atoms with Crippen molar-refractivity contribution < 1.29 is 4.74 Å². The molecule has 3 N–H and O–H groups in total. The van der Waals surface area contributed by atoms with E-state index in [2.05, 4.69) is 25.1 Å². The Kier molecular flexibility index (Phi) is 3.68. The number of nitrogens with one attached hydrogen (secondary N) is 1. The Bertz CT molecular complexity index is 577. The highest BCUT2D eigenvalue weighted by molar-refractivity contribution is 5.87. The molecule has 1 fully saturated rings. The minimum Gasteiger partial charge on any atom is -0.378 e. The second-order valence-electron chi connectivity index (χ2n) is 5.24. The monoisotopic (exact) mass is 276 g/mol. The molecule has 1 atom stereocenters. The molecular formula is C13H20N6O. The molecule has 0 aromatic carbocycles. The molecule has 2 aromatic rings. The van der Waals surface area contributed by atoms with Gasteiger partial charge in [-0.15, -0.1) is 0 Å². The number of H-pyrrole nitrogens is 1. The molecular weight excluding hydrogens is 256 g/mol. The standard InChI is InChI=1S/C13H20N6O/c1-19(6-2-4-9-5-3-7-20-9)12-10-8-15-18-11(10)16-13(14)17-12/h8-9H,2-7H2,1H3,(H3,14,15,16,17,18)/t9-/m0/s1. The molecule has 0 aliphatic carbocycles. The van der Waals surface area contributed by atoms with Crippen LogP contribution >= 0.6 is 0 Å². The Morgan fingerprint density at radius 1 is 1.50 bits per heavy atom. The first-order chi connectivity index (χ1) is 9.74. The number of nitrogens with two attached hydrogens (primary N) is 1. The van der Waals surface area contributed by atoms with Crippen LogP contribution in [0.5, 0.6) is 0 Å². The number of hydrogen-bond donors (Lipinski definition) is 2. The van der Waals surface area contributed by atoms with Crippen molar-refractivity contribution in [2.45, 2.75) is 31.8 Å². The van der Waals surface area contributed by atoms with E-state index in [-0.39, 0.29) is 5.95 Å². The molecule has 108 valence electrons. The van der Waals surface area contributed by atoms with E-state index in [1.807, 2.05) is 7.05 Å². The van der Waals surface area contributed by atoms with E-state index in [9.17, 15) is 0 Å². The Labute approximate surface area is 117 Å². The van der Waals surface area contributed by atoms with E-state index in [0.717, 1.165) is 37.2 Å². The molecule has 1 saturated heterocycles. The Morgan fingerprint density at radius 2 is 2.40 bits per heavy atom. The summed E-state index contributed by atoms with van der Waals surface area (Å²) in [4.78, 5) is 10.6. The summed E-state index contributed by atoms with van der Waals surface area (Å²) in [7, 11) is 2.02. The van der Waals surface area contributed by atoms with Crippen LogP contribution in [0.4, 0.5) is 11.8 Å². The minimum absolute atomic E-state index is 0.266. The van der Waals surface area contributed by atoms with E-state index in [4.69, 9.17) is 10.5 Å². The lowest BCUT2D eigenvalue weighted by Gasteiger charge is -2.19. The highest BCUT2D eigenvalue weighted by Gasteiger charge is 2.16. The molecule has 1 aliphatic rings. The minimum atomic E-state index is 0.266. The fraction of sp³-hybridized carbons (Fsp3) is 0.615. The molecule has 7 heteroatoms. The lowest BCUT2D eigenvalue weighted by Crippen LogP contribution is -2.22. The maximum atomic E-state index is 5.73. The molecule has 20 heavy (non-hydrogen) atoms. The zero-order valence-electron chi connectivity index (χ0n) is 11.7. The van der Waals surface area contributed by atoms with Gasteiger partial charge in [0, 0.05) is 20.2 Å². The average Bonchev–Trinajstić information content (AvgIpc) is 3.08. The maximum absolute atomic E-state index is 5.73. The van der Waals surface area contributed by atoms with Gasteiger partial charge in [0.1, 0.15) is 5.82 Å². The second kappa shape index (κ2) is 5.62. The molecule has 2 aromatic heterocycles. The summed E-state index contributed by atoms with van der Waals surface area (Å²) in [6.07, 6.45) is 6.73. The SMILES string of the molecule is CN(CCC[C@H]1CCCO1)c1nc(N)nc2[nH]ncc12. The van der Waals surface area contributed by atoms with Crippen molar-refractivity contribution >= 4 is 22.8 Å². The number of aromatic amines is 1. The van der Waals surface area contributed by atoms with E-state index >= 15 is 0 Å². The van der Waals surface area contributed by atoms with Crippen LogP contribution in [0.25, 0.3) is 11.0 Å². The number of nitrogens with zero attached hydrogens (tertiary/aromatic N) is 4. The lowest BCUT2D eigenvalue weighted by molar-refractivity contribution is 0.103. The van der Waals surface area contributed by atoms with E-state index < -0.39 is 0 Å². The first-order valence-electron chi connectivity index (χ1n) is 7.03. The Morgan fingerprint density at radius 3 is 3.20 bits per heavy atom. The van der Waals surface area contributed by atoms with Crippen LogP contribution in [0.2, 0.25) is 0 Å². The Balaban J connectivity index is 1.65. The van der Waals surface area contributed by atoms with Crippen molar-refractivity contribution in [3.05, 3.63) is 6.20 Å². The van der Waals surface area contributed by atoms with Crippen LogP contribution < -0.4 is 10.6 Å². The smallest absolute Gasteiger partial charge is 0.224 e. The number of rotatable bonds is 5. The average molecular weight is 276 g/mol. The van der Waals surface area contributed by atoms with E-state index in [1.54, 1.807) is 6.20 Å². The third kappa shape index (κ3) is 2.67. The summed E-state index contributed by atoms with van der Waals surface area (Å²) in [5.74, 6) is 1.09. The van der Waals surface area contributed by atoms with Crippen LogP contribution in [0, 0.1) is 0 Å². The van der Waals surface area contributed by atoms with Gasteiger partial charge in [-0.05, 0) is 25.7 Å². The van der Waals surface area contributed by atoms with Crippen molar-refractivity contribution in [1.82, 2.24) is 20.2 Å². The summed E-state index contributed by atoms with van der Waals surface area (Å²) in [6, 6.07) is 0. The zero-order chi connectivity index (χ0) is 13.9.